The number of esters is 1. The summed E-state index contributed by atoms with van der Waals surface area (Å²) in [5, 5.41) is 2.59. The highest BCUT2D eigenvalue weighted by Crippen LogP contribution is 2.24. The minimum absolute atomic E-state index is 0.00221. The van der Waals surface area contributed by atoms with Crippen LogP contribution in [-0.4, -0.2) is 78.7 Å². The fraction of sp³-hybridized carbons (Fsp3) is 0.364. The number of hydrogen-bond donors (Lipinski definition) is 1. The molecule has 0 aliphatic carbocycles. The zero-order valence-electron chi connectivity index (χ0n) is 19.6. The van der Waals surface area contributed by atoms with E-state index in [1.54, 1.807) is 6.92 Å². The predicted molar refractivity (Wildman–Crippen MR) is 134 cm³/mol. The molecule has 0 bridgehead atoms. The molecule has 1 fully saturated rings. The monoisotopic (exact) mass is 559 g/mol. The van der Waals surface area contributed by atoms with E-state index in [9.17, 15) is 26.4 Å². The molecule has 0 unspecified atom stereocenters. The Labute approximate surface area is 215 Å². The van der Waals surface area contributed by atoms with Crippen LogP contribution in [-0.2, 0) is 34.3 Å². The van der Waals surface area contributed by atoms with Crippen molar-refractivity contribution < 1.29 is 35.9 Å². The second-order valence-electron chi connectivity index (χ2n) is 7.74. The average Bonchev–Trinajstić information content (AvgIpc) is 2.82. The van der Waals surface area contributed by atoms with Crippen LogP contribution in [0.5, 0.6) is 0 Å². The van der Waals surface area contributed by atoms with Crippen molar-refractivity contribution in [3.63, 3.8) is 0 Å². The first-order chi connectivity index (χ1) is 16.9. The largest absolute Gasteiger partial charge is 0.462 e. The van der Waals surface area contributed by atoms with E-state index in [1.807, 2.05) is 0 Å². The molecular weight excluding hydrogens is 534 g/mol. The first-order valence-corrected chi connectivity index (χ1v) is 14.5. The van der Waals surface area contributed by atoms with E-state index in [1.165, 1.54) is 46.8 Å². The van der Waals surface area contributed by atoms with Gasteiger partial charge in [-0.05, 0) is 49.4 Å². The third-order valence-electron chi connectivity index (χ3n) is 5.17. The van der Waals surface area contributed by atoms with Crippen LogP contribution >= 0.6 is 11.6 Å². The number of nitrogens with one attached hydrogen (secondary N) is 1. The van der Waals surface area contributed by atoms with Crippen LogP contribution in [0.15, 0.2) is 47.4 Å². The number of nitrogens with zero attached hydrogens (tertiary/aromatic N) is 2. The van der Waals surface area contributed by atoms with E-state index in [-0.39, 0.29) is 46.6 Å². The third kappa shape index (κ3) is 6.73. The zero-order valence-corrected chi connectivity index (χ0v) is 22.0. The highest BCUT2D eigenvalue weighted by Gasteiger charge is 2.27. The van der Waals surface area contributed by atoms with Crippen molar-refractivity contribution in [3.8, 4) is 0 Å². The topological polar surface area (TPSA) is 139 Å². The van der Waals surface area contributed by atoms with Crippen LogP contribution in [0, 0.1) is 0 Å². The predicted octanol–water partition coefficient (Wildman–Crippen LogP) is 1.94. The summed E-state index contributed by atoms with van der Waals surface area (Å²) < 4.78 is 62.7. The number of carbonyl (C=O) groups is 2. The van der Waals surface area contributed by atoms with Crippen molar-refractivity contribution in [1.29, 1.82) is 0 Å². The number of benzene rings is 2. The standard InChI is InChI=1S/C22H26ClN3O8S2/c1-3-34-22(28)19-9-4-16(14-20(19)23)24-21(27)15-26(35(2,29)30)17-5-7-18(8-6-17)36(31,32)25-10-12-33-13-11-25/h4-9,14H,3,10-13,15H2,1-2H3,(H,24,27). The van der Waals surface area contributed by atoms with Crippen molar-refractivity contribution in [2.75, 3.05) is 55.3 Å². The van der Waals surface area contributed by atoms with E-state index in [2.05, 4.69) is 5.32 Å². The summed E-state index contributed by atoms with van der Waals surface area (Å²) in [6.45, 7) is 2.30. The quantitative estimate of drug-likeness (QED) is 0.460. The van der Waals surface area contributed by atoms with Gasteiger partial charge in [-0.15, -0.1) is 0 Å². The maximum atomic E-state index is 12.8. The van der Waals surface area contributed by atoms with E-state index >= 15 is 0 Å². The molecular formula is C22H26ClN3O8S2. The summed E-state index contributed by atoms with van der Waals surface area (Å²) in [6, 6.07) is 9.42. The Morgan fingerprint density at radius 1 is 1.08 bits per heavy atom. The van der Waals surface area contributed by atoms with Crippen LogP contribution in [0.25, 0.3) is 0 Å². The second-order valence-corrected chi connectivity index (χ2v) is 12.0. The van der Waals surface area contributed by atoms with Crippen LogP contribution in [0.3, 0.4) is 0 Å². The van der Waals surface area contributed by atoms with Crippen molar-refractivity contribution in [3.05, 3.63) is 53.1 Å². The molecule has 0 aromatic heterocycles. The molecule has 36 heavy (non-hydrogen) atoms. The molecule has 0 spiro atoms. The molecule has 1 aliphatic heterocycles. The molecule has 196 valence electrons. The van der Waals surface area contributed by atoms with Gasteiger partial charge >= 0.3 is 5.97 Å². The SMILES string of the molecule is CCOC(=O)c1ccc(NC(=O)CN(c2ccc(S(=O)(=O)N3CCOCC3)cc2)S(C)(=O)=O)cc1Cl. The molecule has 0 radical (unpaired) electrons. The maximum Gasteiger partial charge on any atom is 0.339 e. The average molecular weight is 560 g/mol. The van der Waals surface area contributed by atoms with Crippen molar-refractivity contribution in [2.24, 2.45) is 0 Å². The van der Waals surface area contributed by atoms with Gasteiger partial charge in [-0.1, -0.05) is 11.6 Å². The second kappa shape index (κ2) is 11.6. The number of carbonyl (C=O) groups excluding carboxylic acids is 2. The lowest BCUT2D eigenvalue weighted by molar-refractivity contribution is -0.114. The van der Waals surface area contributed by atoms with E-state index in [4.69, 9.17) is 21.1 Å². The Kier molecular flexibility index (Phi) is 8.95. The lowest BCUT2D eigenvalue weighted by atomic mass is 10.2. The van der Waals surface area contributed by atoms with Gasteiger partial charge in [0.1, 0.15) is 6.54 Å². The Morgan fingerprint density at radius 2 is 1.72 bits per heavy atom. The van der Waals surface area contributed by atoms with Gasteiger partial charge in [0.25, 0.3) is 0 Å². The van der Waals surface area contributed by atoms with Crippen LogP contribution in [0.2, 0.25) is 5.02 Å². The third-order valence-corrected chi connectivity index (χ3v) is 8.53. The first-order valence-electron chi connectivity index (χ1n) is 10.9. The number of rotatable bonds is 9. The number of anilines is 2. The van der Waals surface area contributed by atoms with Gasteiger partial charge in [0.15, 0.2) is 0 Å². The highest BCUT2D eigenvalue weighted by atomic mass is 35.5. The Balaban J connectivity index is 1.75. The Morgan fingerprint density at radius 3 is 2.28 bits per heavy atom. The van der Waals surface area contributed by atoms with E-state index < -0.39 is 38.5 Å². The van der Waals surface area contributed by atoms with Gasteiger partial charge in [-0.25, -0.2) is 21.6 Å². The first kappa shape index (κ1) is 27.9. The van der Waals surface area contributed by atoms with Gasteiger partial charge < -0.3 is 14.8 Å². The lowest BCUT2D eigenvalue weighted by Gasteiger charge is -2.26. The number of ether oxygens (including phenoxy) is 2. The lowest BCUT2D eigenvalue weighted by Crippen LogP contribution is -2.40. The van der Waals surface area contributed by atoms with Crippen LogP contribution < -0.4 is 9.62 Å². The molecule has 3 rings (SSSR count). The highest BCUT2D eigenvalue weighted by molar-refractivity contribution is 7.92. The summed E-state index contributed by atoms with van der Waals surface area (Å²) in [7, 11) is -7.66. The molecule has 11 nitrogen and oxygen atoms in total. The molecule has 0 atom stereocenters. The van der Waals surface area contributed by atoms with Crippen molar-refractivity contribution in [1.82, 2.24) is 4.31 Å². The summed E-state index contributed by atoms with van der Waals surface area (Å²) in [5.41, 5.74) is 0.490. The summed E-state index contributed by atoms with van der Waals surface area (Å²) in [5.74, 6) is -1.28. The summed E-state index contributed by atoms with van der Waals surface area (Å²) in [6.07, 6.45) is 0.934. The molecule has 1 saturated heterocycles. The Bertz CT molecular complexity index is 1330. The van der Waals surface area contributed by atoms with Crippen LogP contribution in [0.4, 0.5) is 11.4 Å². The van der Waals surface area contributed by atoms with Crippen molar-refractivity contribution >= 4 is 54.9 Å². The van der Waals surface area contributed by atoms with Crippen molar-refractivity contribution in [2.45, 2.75) is 11.8 Å². The molecule has 14 heteroatoms. The minimum Gasteiger partial charge on any atom is -0.462 e. The van der Waals surface area contributed by atoms with Crippen LogP contribution in [0.1, 0.15) is 17.3 Å². The van der Waals surface area contributed by atoms with Gasteiger partial charge in [-0.3, -0.25) is 9.10 Å². The number of halogens is 1. The minimum atomic E-state index is -3.90. The fourth-order valence-corrected chi connectivity index (χ4v) is 5.94. The maximum absolute atomic E-state index is 12.8. The molecule has 1 aliphatic rings. The van der Waals surface area contributed by atoms with Gasteiger partial charge in [-0.2, -0.15) is 4.31 Å². The summed E-state index contributed by atoms with van der Waals surface area (Å²) >= 11 is 6.11. The smallest absolute Gasteiger partial charge is 0.339 e. The van der Waals surface area contributed by atoms with Gasteiger partial charge in [0.2, 0.25) is 26.0 Å². The normalized spacial score (nSPS) is 14.8. The molecule has 2 aromatic rings. The number of morpholine rings is 1. The molecule has 1 N–H and O–H groups in total. The van der Waals surface area contributed by atoms with E-state index in [0.717, 1.165) is 10.6 Å². The summed E-state index contributed by atoms with van der Waals surface area (Å²) in [4.78, 5) is 24.5. The number of hydrogen-bond acceptors (Lipinski definition) is 8. The van der Waals surface area contributed by atoms with E-state index in [0.29, 0.717) is 13.2 Å². The Hall–Kier alpha value is -2.71. The van der Waals surface area contributed by atoms with Gasteiger partial charge in [0, 0.05) is 18.8 Å². The number of sulfonamides is 2. The fourth-order valence-electron chi connectivity index (χ4n) is 3.42. The molecule has 1 heterocycles. The molecule has 0 saturated carbocycles. The van der Waals surface area contributed by atoms with Gasteiger partial charge in [0.05, 0.1) is 47.2 Å². The molecule has 2 aromatic carbocycles. The zero-order chi connectivity index (χ0) is 26.5. The number of amides is 1. The molecule has 1 amide bonds.